The molecule has 19 heavy (non-hydrogen) atoms. The maximum absolute atomic E-state index is 4.27. The molecular formula is C13H21N5S. The third-order valence-corrected chi connectivity index (χ3v) is 3.82. The number of hydrogen-bond acceptors (Lipinski definition) is 5. The standard InChI is InChI=1S/C13H21N5S/c1-4-6-11-13(19-17-16-11)12(14-7-5-2)10-8-15-18(3)9-10/h8-9,12,14H,4-7H2,1-3H3. The lowest BCUT2D eigenvalue weighted by Gasteiger charge is -2.16. The molecule has 0 radical (unpaired) electrons. The van der Waals surface area contributed by atoms with Crippen LogP contribution in [0.1, 0.15) is 48.9 Å². The van der Waals surface area contributed by atoms with E-state index in [1.165, 1.54) is 22.0 Å². The van der Waals surface area contributed by atoms with Gasteiger partial charge in [0.1, 0.15) is 0 Å². The first kappa shape index (κ1) is 14.1. The Kier molecular flexibility index (Phi) is 5.04. The fraction of sp³-hybridized carbons (Fsp3) is 0.615. The first-order valence-electron chi connectivity index (χ1n) is 6.79. The van der Waals surface area contributed by atoms with Crippen LogP contribution in [0.5, 0.6) is 0 Å². The number of hydrogen-bond donors (Lipinski definition) is 1. The van der Waals surface area contributed by atoms with Gasteiger partial charge in [0.2, 0.25) is 0 Å². The van der Waals surface area contributed by atoms with Gasteiger partial charge in [0.15, 0.2) is 0 Å². The second kappa shape index (κ2) is 6.77. The topological polar surface area (TPSA) is 55.6 Å². The lowest BCUT2D eigenvalue weighted by atomic mass is 10.1. The lowest BCUT2D eigenvalue weighted by Crippen LogP contribution is -2.23. The molecule has 0 aliphatic carbocycles. The van der Waals surface area contributed by atoms with Crippen LogP contribution in [0.15, 0.2) is 12.4 Å². The molecule has 5 nitrogen and oxygen atoms in total. The third-order valence-electron chi connectivity index (χ3n) is 2.99. The summed E-state index contributed by atoms with van der Waals surface area (Å²) in [5, 5.41) is 12.1. The number of nitrogens with one attached hydrogen (secondary N) is 1. The second-order valence-electron chi connectivity index (χ2n) is 4.67. The first-order valence-corrected chi connectivity index (χ1v) is 7.56. The minimum Gasteiger partial charge on any atom is -0.305 e. The zero-order chi connectivity index (χ0) is 13.7. The number of nitrogens with zero attached hydrogens (tertiary/aromatic N) is 4. The predicted octanol–water partition coefficient (Wildman–Crippen LogP) is 2.31. The van der Waals surface area contributed by atoms with Gasteiger partial charge in [-0.1, -0.05) is 24.8 Å². The van der Waals surface area contributed by atoms with Gasteiger partial charge in [-0.15, -0.1) is 5.10 Å². The van der Waals surface area contributed by atoms with Gasteiger partial charge in [0.25, 0.3) is 0 Å². The highest BCUT2D eigenvalue weighted by molar-refractivity contribution is 7.05. The molecule has 0 fully saturated rings. The summed E-state index contributed by atoms with van der Waals surface area (Å²) in [5.74, 6) is 0. The van der Waals surface area contributed by atoms with Crippen molar-refractivity contribution >= 4 is 11.5 Å². The van der Waals surface area contributed by atoms with E-state index in [9.17, 15) is 0 Å². The summed E-state index contributed by atoms with van der Waals surface area (Å²) in [4.78, 5) is 1.23. The van der Waals surface area contributed by atoms with Gasteiger partial charge in [-0.3, -0.25) is 4.68 Å². The van der Waals surface area contributed by atoms with Crippen LogP contribution in [0.25, 0.3) is 0 Å². The zero-order valence-electron chi connectivity index (χ0n) is 11.8. The molecule has 2 aromatic heterocycles. The van der Waals surface area contributed by atoms with Crippen molar-refractivity contribution < 1.29 is 0 Å². The molecular weight excluding hydrogens is 258 g/mol. The maximum atomic E-state index is 4.27. The summed E-state index contributed by atoms with van der Waals surface area (Å²) in [5.41, 5.74) is 2.30. The SMILES string of the molecule is CCCNC(c1cnn(C)c1)c1snnc1CCC. The van der Waals surface area contributed by atoms with Crippen LogP contribution >= 0.6 is 11.5 Å². The van der Waals surface area contributed by atoms with E-state index in [0.29, 0.717) is 0 Å². The van der Waals surface area contributed by atoms with Crippen molar-refractivity contribution in [2.24, 2.45) is 7.05 Å². The van der Waals surface area contributed by atoms with E-state index in [-0.39, 0.29) is 6.04 Å². The van der Waals surface area contributed by atoms with E-state index in [1.54, 1.807) is 0 Å². The Bertz CT molecular complexity index is 505. The molecule has 0 amide bonds. The molecule has 104 valence electrons. The average Bonchev–Trinajstić information content (AvgIpc) is 3.01. The summed E-state index contributed by atoms with van der Waals surface area (Å²) in [6.07, 6.45) is 7.15. The van der Waals surface area contributed by atoms with Crippen molar-refractivity contribution in [1.29, 1.82) is 0 Å². The normalized spacial score (nSPS) is 12.8. The van der Waals surface area contributed by atoms with E-state index >= 15 is 0 Å². The third kappa shape index (κ3) is 3.39. The molecule has 1 N–H and O–H groups in total. The summed E-state index contributed by atoms with van der Waals surface area (Å²) in [6.45, 7) is 5.32. The summed E-state index contributed by atoms with van der Waals surface area (Å²) in [7, 11) is 1.94. The van der Waals surface area contributed by atoms with E-state index in [2.05, 4.69) is 40.0 Å². The fourth-order valence-electron chi connectivity index (χ4n) is 2.08. The predicted molar refractivity (Wildman–Crippen MR) is 77.2 cm³/mol. The Morgan fingerprint density at radius 2 is 2.21 bits per heavy atom. The number of rotatable bonds is 7. The van der Waals surface area contributed by atoms with Gasteiger partial charge >= 0.3 is 0 Å². The fourth-order valence-corrected chi connectivity index (χ4v) is 2.89. The summed E-state index contributed by atoms with van der Waals surface area (Å²) < 4.78 is 5.96. The Morgan fingerprint density at radius 1 is 1.37 bits per heavy atom. The Hall–Kier alpha value is -1.27. The van der Waals surface area contributed by atoms with Crippen LogP contribution in [-0.2, 0) is 13.5 Å². The van der Waals surface area contributed by atoms with E-state index in [0.717, 1.165) is 31.5 Å². The van der Waals surface area contributed by atoms with Crippen molar-refractivity contribution in [3.05, 3.63) is 28.5 Å². The molecule has 2 aromatic rings. The molecule has 2 rings (SSSR count). The minimum atomic E-state index is 0.162. The molecule has 0 saturated heterocycles. The van der Waals surface area contributed by atoms with Gasteiger partial charge in [-0.05, 0) is 30.9 Å². The van der Waals surface area contributed by atoms with Crippen LogP contribution in [0.3, 0.4) is 0 Å². The van der Waals surface area contributed by atoms with Crippen molar-refractivity contribution in [3.8, 4) is 0 Å². The molecule has 1 unspecified atom stereocenters. The maximum Gasteiger partial charge on any atom is 0.0807 e. The molecule has 6 heteroatoms. The van der Waals surface area contributed by atoms with Crippen LogP contribution in [-0.4, -0.2) is 25.9 Å². The quantitative estimate of drug-likeness (QED) is 0.845. The molecule has 0 spiro atoms. The first-order chi connectivity index (χ1) is 9.26. The highest BCUT2D eigenvalue weighted by Gasteiger charge is 2.21. The zero-order valence-corrected chi connectivity index (χ0v) is 12.6. The van der Waals surface area contributed by atoms with Crippen LogP contribution < -0.4 is 5.32 Å². The largest absolute Gasteiger partial charge is 0.305 e. The van der Waals surface area contributed by atoms with Crippen molar-refractivity contribution in [2.45, 2.75) is 39.2 Å². The van der Waals surface area contributed by atoms with E-state index in [1.807, 2.05) is 17.9 Å². The van der Waals surface area contributed by atoms with Gasteiger partial charge in [0, 0.05) is 18.8 Å². The van der Waals surface area contributed by atoms with Gasteiger partial charge in [-0.25, -0.2) is 0 Å². The highest BCUT2D eigenvalue weighted by atomic mass is 32.1. The summed E-state index contributed by atoms with van der Waals surface area (Å²) in [6, 6.07) is 0.162. The van der Waals surface area contributed by atoms with Gasteiger partial charge < -0.3 is 5.32 Å². The minimum absolute atomic E-state index is 0.162. The van der Waals surface area contributed by atoms with Crippen molar-refractivity contribution in [3.63, 3.8) is 0 Å². The molecule has 0 saturated carbocycles. The smallest absolute Gasteiger partial charge is 0.0807 e. The van der Waals surface area contributed by atoms with Gasteiger partial charge in [-0.2, -0.15) is 5.10 Å². The van der Waals surface area contributed by atoms with Crippen molar-refractivity contribution in [1.82, 2.24) is 24.7 Å². The Labute approximate surface area is 118 Å². The van der Waals surface area contributed by atoms with Crippen LogP contribution in [0.4, 0.5) is 0 Å². The number of aryl methyl sites for hydroxylation is 2. The molecule has 0 aromatic carbocycles. The van der Waals surface area contributed by atoms with Crippen LogP contribution in [0.2, 0.25) is 0 Å². The molecule has 0 bridgehead atoms. The second-order valence-corrected chi connectivity index (χ2v) is 5.45. The number of aromatic nitrogens is 4. The highest BCUT2D eigenvalue weighted by Crippen LogP contribution is 2.27. The Balaban J connectivity index is 2.28. The average molecular weight is 279 g/mol. The lowest BCUT2D eigenvalue weighted by molar-refractivity contribution is 0.599. The van der Waals surface area contributed by atoms with E-state index < -0.39 is 0 Å². The molecule has 1 atom stereocenters. The Morgan fingerprint density at radius 3 is 2.84 bits per heavy atom. The monoisotopic (exact) mass is 279 g/mol. The van der Waals surface area contributed by atoms with Crippen LogP contribution in [0, 0.1) is 0 Å². The molecule has 2 heterocycles. The molecule has 0 aliphatic heterocycles. The van der Waals surface area contributed by atoms with Gasteiger partial charge in [0.05, 0.1) is 22.8 Å². The summed E-state index contributed by atoms with van der Waals surface area (Å²) >= 11 is 1.49. The van der Waals surface area contributed by atoms with Crippen molar-refractivity contribution in [2.75, 3.05) is 6.54 Å². The molecule has 0 aliphatic rings. The van der Waals surface area contributed by atoms with E-state index in [4.69, 9.17) is 0 Å².